The first-order valence-electron chi connectivity index (χ1n) is 6.73. The Morgan fingerprint density at radius 1 is 1.21 bits per heavy atom. The number of aromatic nitrogens is 1. The molecule has 2 heterocycles. The van der Waals surface area contributed by atoms with Gasteiger partial charge >= 0.3 is 0 Å². The van der Waals surface area contributed by atoms with Crippen LogP contribution >= 0.6 is 0 Å². The van der Waals surface area contributed by atoms with Crippen LogP contribution < -0.4 is 0 Å². The Labute approximate surface area is 113 Å². The Hall–Kier alpha value is -1.74. The summed E-state index contributed by atoms with van der Waals surface area (Å²) in [6.07, 6.45) is 11.5. The van der Waals surface area contributed by atoms with Crippen LogP contribution in [-0.2, 0) is 4.79 Å². The second-order valence-electron chi connectivity index (χ2n) is 5.41. The van der Waals surface area contributed by atoms with Crippen LogP contribution in [-0.4, -0.2) is 35.8 Å². The summed E-state index contributed by atoms with van der Waals surface area (Å²) < 4.78 is 0. The molecule has 2 atom stereocenters. The van der Waals surface area contributed by atoms with Crippen molar-refractivity contribution in [1.29, 1.82) is 0 Å². The van der Waals surface area contributed by atoms with Gasteiger partial charge in [-0.15, -0.1) is 0 Å². The van der Waals surface area contributed by atoms with Gasteiger partial charge in [-0.2, -0.15) is 0 Å². The third-order valence-electron chi connectivity index (χ3n) is 4.08. The Bertz CT molecular complexity index is 509. The highest BCUT2D eigenvalue weighted by Gasteiger charge is 2.38. The first-order chi connectivity index (χ1) is 9.25. The maximum absolute atomic E-state index is 12.6. The lowest BCUT2D eigenvalue weighted by Gasteiger charge is -2.19. The summed E-state index contributed by atoms with van der Waals surface area (Å²) in [5, 5.41) is 0. The molecule has 1 aliphatic carbocycles. The van der Waals surface area contributed by atoms with Gasteiger partial charge < -0.3 is 4.90 Å². The number of nitrogens with zero attached hydrogens (tertiary/aromatic N) is 2. The van der Waals surface area contributed by atoms with Gasteiger partial charge in [0.2, 0.25) is 0 Å². The molecule has 0 spiro atoms. The molecule has 2 aliphatic rings. The zero-order valence-electron chi connectivity index (χ0n) is 11.1. The van der Waals surface area contributed by atoms with Crippen LogP contribution in [0.5, 0.6) is 0 Å². The molecule has 1 aromatic rings. The molecule has 1 aliphatic heterocycles. The number of allylic oxidation sites excluding steroid dienone is 4. The van der Waals surface area contributed by atoms with E-state index < -0.39 is 0 Å². The van der Waals surface area contributed by atoms with E-state index in [1.54, 1.807) is 0 Å². The van der Waals surface area contributed by atoms with Crippen molar-refractivity contribution in [2.24, 2.45) is 11.8 Å². The minimum absolute atomic E-state index is 0.0270. The number of likely N-dealkylation sites (N-methyl/N-ethyl adjacent to an activating group) is 1. The molecule has 98 valence electrons. The monoisotopic (exact) mass is 254 g/mol. The summed E-state index contributed by atoms with van der Waals surface area (Å²) in [6, 6.07) is 4.06. The van der Waals surface area contributed by atoms with Gasteiger partial charge in [-0.05, 0) is 24.7 Å². The minimum atomic E-state index is -0.0270. The SMILES string of the molecule is CN1CC(C(=O)C2C=CC=C2)C(c2ccncc2)C1. The molecule has 0 radical (unpaired) electrons. The molecule has 2 unspecified atom stereocenters. The van der Waals surface area contributed by atoms with E-state index in [0.29, 0.717) is 11.7 Å². The van der Waals surface area contributed by atoms with E-state index in [1.807, 2.05) is 48.8 Å². The molecule has 3 heteroatoms. The maximum Gasteiger partial charge on any atom is 0.148 e. The topological polar surface area (TPSA) is 33.2 Å². The normalized spacial score (nSPS) is 27.2. The zero-order chi connectivity index (χ0) is 13.2. The van der Waals surface area contributed by atoms with Gasteiger partial charge in [-0.25, -0.2) is 0 Å². The van der Waals surface area contributed by atoms with Gasteiger partial charge in [0.05, 0.1) is 5.92 Å². The molecule has 3 nitrogen and oxygen atoms in total. The Balaban J connectivity index is 1.84. The zero-order valence-corrected chi connectivity index (χ0v) is 11.1. The number of likely N-dealkylation sites (tertiary alicyclic amines) is 1. The predicted octanol–water partition coefficient (Wildman–Crippen LogP) is 2.04. The van der Waals surface area contributed by atoms with Crippen LogP contribution in [0.3, 0.4) is 0 Å². The van der Waals surface area contributed by atoms with Gasteiger partial charge in [0.15, 0.2) is 0 Å². The van der Waals surface area contributed by atoms with Crippen LogP contribution in [0.4, 0.5) is 0 Å². The lowest BCUT2D eigenvalue weighted by atomic mass is 9.82. The molecule has 1 fully saturated rings. The van der Waals surface area contributed by atoms with Crippen molar-refractivity contribution in [3.8, 4) is 0 Å². The summed E-state index contributed by atoms with van der Waals surface area (Å²) >= 11 is 0. The second-order valence-corrected chi connectivity index (χ2v) is 5.41. The molecule has 0 aromatic carbocycles. The van der Waals surface area contributed by atoms with Crippen molar-refractivity contribution in [2.75, 3.05) is 20.1 Å². The van der Waals surface area contributed by atoms with Gasteiger partial charge in [-0.1, -0.05) is 24.3 Å². The standard InChI is InChI=1S/C16H18N2O/c1-18-10-14(12-6-8-17-9-7-12)15(11-18)16(19)13-4-2-3-5-13/h2-9,13-15H,10-11H2,1H3. The quantitative estimate of drug-likeness (QED) is 0.827. The van der Waals surface area contributed by atoms with Crippen molar-refractivity contribution in [2.45, 2.75) is 5.92 Å². The summed E-state index contributed by atoms with van der Waals surface area (Å²) in [6.45, 7) is 1.80. The molecule has 0 bridgehead atoms. The fourth-order valence-electron chi connectivity index (χ4n) is 3.11. The van der Waals surface area contributed by atoms with Gasteiger partial charge in [0.1, 0.15) is 5.78 Å². The lowest BCUT2D eigenvalue weighted by molar-refractivity contribution is -0.124. The first kappa shape index (κ1) is 12.3. The van der Waals surface area contributed by atoms with E-state index in [-0.39, 0.29) is 11.8 Å². The molecule has 3 rings (SSSR count). The van der Waals surface area contributed by atoms with Crippen molar-refractivity contribution >= 4 is 5.78 Å². The number of Topliss-reactive ketones (excluding diaryl/α,β-unsaturated/α-hetero) is 1. The van der Waals surface area contributed by atoms with E-state index in [1.165, 1.54) is 5.56 Å². The number of pyridine rings is 1. The fourth-order valence-corrected chi connectivity index (χ4v) is 3.11. The number of carbonyl (C=O) groups excluding carboxylic acids is 1. The highest BCUT2D eigenvalue weighted by molar-refractivity contribution is 5.88. The minimum Gasteiger partial charge on any atom is -0.305 e. The molecule has 19 heavy (non-hydrogen) atoms. The molecular formula is C16H18N2O. The van der Waals surface area contributed by atoms with Crippen molar-refractivity contribution in [3.05, 3.63) is 54.4 Å². The number of carbonyl (C=O) groups is 1. The van der Waals surface area contributed by atoms with Crippen molar-refractivity contribution in [3.63, 3.8) is 0 Å². The van der Waals surface area contributed by atoms with Crippen LogP contribution in [0, 0.1) is 11.8 Å². The molecule has 0 N–H and O–H groups in total. The van der Waals surface area contributed by atoms with Crippen molar-refractivity contribution in [1.82, 2.24) is 9.88 Å². The largest absolute Gasteiger partial charge is 0.305 e. The second kappa shape index (κ2) is 5.10. The number of rotatable bonds is 3. The molecule has 0 amide bonds. The predicted molar refractivity (Wildman–Crippen MR) is 74.7 cm³/mol. The van der Waals surface area contributed by atoms with Crippen molar-refractivity contribution < 1.29 is 4.79 Å². The average molecular weight is 254 g/mol. The highest BCUT2D eigenvalue weighted by Crippen LogP contribution is 2.34. The Morgan fingerprint density at radius 2 is 1.89 bits per heavy atom. The molecular weight excluding hydrogens is 236 g/mol. The Kier molecular flexibility index (Phi) is 3.30. The lowest BCUT2D eigenvalue weighted by Crippen LogP contribution is -2.26. The van der Waals surface area contributed by atoms with Crippen LogP contribution in [0.15, 0.2) is 48.8 Å². The summed E-state index contributed by atoms with van der Waals surface area (Å²) in [5.74, 6) is 0.699. The van der Waals surface area contributed by atoms with E-state index in [4.69, 9.17) is 0 Å². The highest BCUT2D eigenvalue weighted by atomic mass is 16.1. The molecule has 1 saturated heterocycles. The summed E-state index contributed by atoms with van der Waals surface area (Å²) in [5.41, 5.74) is 1.23. The van der Waals surface area contributed by atoms with Crippen LogP contribution in [0.25, 0.3) is 0 Å². The van der Waals surface area contributed by atoms with E-state index in [9.17, 15) is 4.79 Å². The number of ketones is 1. The maximum atomic E-state index is 12.6. The van der Waals surface area contributed by atoms with E-state index in [2.05, 4.69) is 16.9 Å². The third kappa shape index (κ3) is 2.38. The van der Waals surface area contributed by atoms with E-state index >= 15 is 0 Å². The smallest absolute Gasteiger partial charge is 0.148 e. The molecule has 1 aromatic heterocycles. The Morgan fingerprint density at radius 3 is 2.58 bits per heavy atom. The average Bonchev–Trinajstić information content (AvgIpc) is 3.08. The van der Waals surface area contributed by atoms with Gasteiger partial charge in [-0.3, -0.25) is 9.78 Å². The number of hydrogen-bond donors (Lipinski definition) is 0. The third-order valence-corrected chi connectivity index (χ3v) is 4.08. The van der Waals surface area contributed by atoms with Gasteiger partial charge in [0.25, 0.3) is 0 Å². The number of hydrogen-bond acceptors (Lipinski definition) is 3. The fraction of sp³-hybridized carbons (Fsp3) is 0.375. The first-order valence-corrected chi connectivity index (χ1v) is 6.73. The summed E-state index contributed by atoms with van der Waals surface area (Å²) in [4.78, 5) is 18.9. The summed E-state index contributed by atoms with van der Waals surface area (Å²) in [7, 11) is 2.09. The van der Waals surface area contributed by atoms with Gasteiger partial charge in [0, 0.05) is 37.3 Å². The van der Waals surface area contributed by atoms with E-state index in [0.717, 1.165) is 13.1 Å². The van der Waals surface area contributed by atoms with Crippen LogP contribution in [0.1, 0.15) is 11.5 Å². The molecule has 0 saturated carbocycles. The van der Waals surface area contributed by atoms with Crippen LogP contribution in [0.2, 0.25) is 0 Å².